The van der Waals surface area contributed by atoms with Crippen molar-refractivity contribution in [2.45, 2.75) is 20.3 Å². The average Bonchev–Trinajstić information content (AvgIpc) is 2.28. The van der Waals surface area contributed by atoms with Crippen LogP contribution in [-0.2, 0) is 11.2 Å². The molecule has 4 nitrogen and oxygen atoms in total. The first-order valence-electron chi connectivity index (χ1n) is 5.24. The van der Waals surface area contributed by atoms with Crippen LogP contribution in [0.25, 0.3) is 0 Å². The van der Waals surface area contributed by atoms with E-state index in [0.717, 1.165) is 6.07 Å². The zero-order valence-electron chi connectivity index (χ0n) is 9.62. The number of hydrogen-bond donors (Lipinski definition) is 1. The van der Waals surface area contributed by atoms with Crippen LogP contribution >= 0.6 is 0 Å². The standard InChI is InChI=1S/C12H13FO4/c1-3-7-8(12(16)17-4-2)5-6-9(10(7)13)11(14)15/h5-6H,3-4H2,1-2H3,(H,14,15). The number of ether oxygens (including phenoxy) is 1. The van der Waals surface area contributed by atoms with E-state index in [0.29, 0.717) is 0 Å². The summed E-state index contributed by atoms with van der Waals surface area (Å²) < 4.78 is 18.6. The summed E-state index contributed by atoms with van der Waals surface area (Å²) in [5.41, 5.74) is -0.282. The van der Waals surface area contributed by atoms with Gasteiger partial charge in [-0.1, -0.05) is 6.92 Å². The third-order valence-corrected chi connectivity index (χ3v) is 2.32. The minimum Gasteiger partial charge on any atom is -0.478 e. The minimum absolute atomic E-state index is 0.0725. The van der Waals surface area contributed by atoms with Gasteiger partial charge in [0.15, 0.2) is 0 Å². The maximum atomic E-state index is 13.8. The molecule has 0 aromatic heterocycles. The number of halogens is 1. The monoisotopic (exact) mass is 240 g/mol. The zero-order chi connectivity index (χ0) is 13.0. The molecule has 0 amide bonds. The van der Waals surface area contributed by atoms with Gasteiger partial charge in [0, 0.05) is 5.56 Å². The third-order valence-electron chi connectivity index (χ3n) is 2.32. The van der Waals surface area contributed by atoms with Crippen molar-refractivity contribution in [1.29, 1.82) is 0 Å². The molecule has 0 heterocycles. The molecular weight excluding hydrogens is 227 g/mol. The van der Waals surface area contributed by atoms with E-state index in [2.05, 4.69) is 0 Å². The summed E-state index contributed by atoms with van der Waals surface area (Å²) in [4.78, 5) is 22.3. The Morgan fingerprint density at radius 3 is 2.35 bits per heavy atom. The lowest BCUT2D eigenvalue weighted by Gasteiger charge is -2.09. The number of rotatable bonds is 4. The predicted molar refractivity (Wildman–Crippen MR) is 58.7 cm³/mol. The summed E-state index contributed by atoms with van der Waals surface area (Å²) in [6, 6.07) is 2.35. The molecule has 0 unspecified atom stereocenters. The fourth-order valence-electron chi connectivity index (χ4n) is 1.53. The van der Waals surface area contributed by atoms with E-state index in [9.17, 15) is 14.0 Å². The van der Waals surface area contributed by atoms with Gasteiger partial charge in [-0.15, -0.1) is 0 Å². The predicted octanol–water partition coefficient (Wildman–Crippen LogP) is 2.26. The fourth-order valence-corrected chi connectivity index (χ4v) is 1.53. The molecule has 0 bridgehead atoms. The van der Waals surface area contributed by atoms with Gasteiger partial charge in [0.05, 0.1) is 17.7 Å². The molecular formula is C12H13FO4. The molecule has 0 atom stereocenters. The quantitative estimate of drug-likeness (QED) is 0.820. The highest BCUT2D eigenvalue weighted by Crippen LogP contribution is 2.19. The van der Waals surface area contributed by atoms with Gasteiger partial charge in [0.2, 0.25) is 0 Å². The summed E-state index contributed by atoms with van der Waals surface area (Å²) in [6.07, 6.45) is 0.223. The number of esters is 1. The Bertz CT molecular complexity index is 454. The Labute approximate surface area is 98.0 Å². The second kappa shape index (κ2) is 5.43. The lowest BCUT2D eigenvalue weighted by molar-refractivity contribution is 0.0522. The lowest BCUT2D eigenvalue weighted by Crippen LogP contribution is -2.12. The van der Waals surface area contributed by atoms with Crippen LogP contribution in [0, 0.1) is 5.82 Å². The second-order valence-corrected chi connectivity index (χ2v) is 3.33. The van der Waals surface area contributed by atoms with Gasteiger partial charge in [0.25, 0.3) is 0 Å². The number of aromatic carboxylic acids is 1. The molecule has 0 spiro atoms. The summed E-state index contributed by atoms with van der Waals surface area (Å²) in [7, 11) is 0. The van der Waals surface area contributed by atoms with E-state index in [1.807, 2.05) is 0 Å². The van der Waals surface area contributed by atoms with Crippen LogP contribution in [0.15, 0.2) is 12.1 Å². The molecule has 17 heavy (non-hydrogen) atoms. The number of carboxylic acid groups (broad SMARTS) is 1. The van der Waals surface area contributed by atoms with Crippen molar-refractivity contribution in [3.8, 4) is 0 Å². The van der Waals surface area contributed by atoms with Gasteiger partial charge in [0.1, 0.15) is 5.82 Å². The lowest BCUT2D eigenvalue weighted by atomic mass is 10.0. The highest BCUT2D eigenvalue weighted by atomic mass is 19.1. The fraction of sp³-hybridized carbons (Fsp3) is 0.333. The van der Waals surface area contributed by atoms with Crippen molar-refractivity contribution in [3.63, 3.8) is 0 Å². The van der Waals surface area contributed by atoms with Crippen molar-refractivity contribution in [1.82, 2.24) is 0 Å². The van der Waals surface area contributed by atoms with Gasteiger partial charge in [-0.2, -0.15) is 0 Å². The Balaban J connectivity index is 3.30. The smallest absolute Gasteiger partial charge is 0.338 e. The van der Waals surface area contributed by atoms with Crippen molar-refractivity contribution >= 4 is 11.9 Å². The van der Waals surface area contributed by atoms with Gasteiger partial charge in [-0.3, -0.25) is 0 Å². The maximum absolute atomic E-state index is 13.8. The van der Waals surface area contributed by atoms with E-state index in [4.69, 9.17) is 9.84 Å². The average molecular weight is 240 g/mol. The van der Waals surface area contributed by atoms with Crippen LogP contribution in [0.5, 0.6) is 0 Å². The molecule has 1 aromatic rings. The van der Waals surface area contributed by atoms with E-state index in [1.165, 1.54) is 6.07 Å². The molecule has 0 saturated heterocycles. The summed E-state index contributed by atoms with van der Waals surface area (Å²) in [6.45, 7) is 3.47. The summed E-state index contributed by atoms with van der Waals surface area (Å²) in [5, 5.41) is 8.76. The van der Waals surface area contributed by atoms with Crippen molar-refractivity contribution in [3.05, 3.63) is 34.6 Å². The number of carbonyl (C=O) groups excluding carboxylic acids is 1. The van der Waals surface area contributed by atoms with Crippen LogP contribution in [0.4, 0.5) is 4.39 Å². The van der Waals surface area contributed by atoms with Crippen molar-refractivity contribution < 1.29 is 23.8 Å². The number of benzene rings is 1. The molecule has 0 saturated carbocycles. The first kappa shape index (κ1) is 13.2. The van der Waals surface area contributed by atoms with Crippen LogP contribution in [0.3, 0.4) is 0 Å². The van der Waals surface area contributed by atoms with Crippen molar-refractivity contribution in [2.75, 3.05) is 6.61 Å². The molecule has 1 rings (SSSR count). The molecule has 5 heteroatoms. The van der Waals surface area contributed by atoms with E-state index >= 15 is 0 Å². The van der Waals surface area contributed by atoms with Crippen LogP contribution in [0.1, 0.15) is 40.1 Å². The van der Waals surface area contributed by atoms with E-state index in [-0.39, 0.29) is 24.2 Å². The first-order valence-corrected chi connectivity index (χ1v) is 5.24. The zero-order valence-corrected chi connectivity index (χ0v) is 9.62. The van der Waals surface area contributed by atoms with Gasteiger partial charge < -0.3 is 9.84 Å². The normalized spacial score (nSPS) is 10.1. The largest absolute Gasteiger partial charge is 0.478 e. The number of carboxylic acids is 1. The highest BCUT2D eigenvalue weighted by Gasteiger charge is 2.20. The Morgan fingerprint density at radius 1 is 1.29 bits per heavy atom. The van der Waals surface area contributed by atoms with E-state index in [1.54, 1.807) is 13.8 Å². The molecule has 92 valence electrons. The molecule has 0 aliphatic rings. The third kappa shape index (κ3) is 2.61. The summed E-state index contributed by atoms with van der Waals surface area (Å²) >= 11 is 0. The minimum atomic E-state index is -1.35. The highest BCUT2D eigenvalue weighted by molar-refractivity contribution is 5.94. The molecule has 0 aliphatic carbocycles. The topological polar surface area (TPSA) is 63.6 Å². The van der Waals surface area contributed by atoms with Crippen LogP contribution in [0.2, 0.25) is 0 Å². The Kier molecular flexibility index (Phi) is 4.20. The molecule has 1 N–H and O–H groups in total. The molecule has 0 radical (unpaired) electrons. The number of carbonyl (C=O) groups is 2. The van der Waals surface area contributed by atoms with Crippen LogP contribution < -0.4 is 0 Å². The molecule has 0 fully saturated rings. The Hall–Kier alpha value is -1.91. The summed E-state index contributed by atoms with van der Waals surface area (Å²) in [5.74, 6) is -2.86. The van der Waals surface area contributed by atoms with Crippen molar-refractivity contribution in [2.24, 2.45) is 0 Å². The first-order chi connectivity index (χ1) is 8.02. The maximum Gasteiger partial charge on any atom is 0.338 e. The van der Waals surface area contributed by atoms with E-state index < -0.39 is 23.3 Å². The SMILES string of the molecule is CCOC(=O)c1ccc(C(=O)O)c(F)c1CC. The number of hydrogen-bond acceptors (Lipinski definition) is 3. The van der Waals surface area contributed by atoms with Crippen LogP contribution in [-0.4, -0.2) is 23.7 Å². The Morgan fingerprint density at radius 2 is 1.88 bits per heavy atom. The second-order valence-electron chi connectivity index (χ2n) is 3.33. The molecule has 0 aliphatic heterocycles. The van der Waals surface area contributed by atoms with Gasteiger partial charge in [-0.25, -0.2) is 14.0 Å². The van der Waals surface area contributed by atoms with Gasteiger partial charge in [-0.05, 0) is 25.5 Å². The van der Waals surface area contributed by atoms with Gasteiger partial charge >= 0.3 is 11.9 Å². The molecule has 1 aromatic carbocycles.